The van der Waals surface area contributed by atoms with Gasteiger partial charge in [-0.2, -0.15) is 0 Å². The highest BCUT2D eigenvalue weighted by molar-refractivity contribution is 5.99. The first-order valence-electron chi connectivity index (χ1n) is 3.08. The Morgan fingerprint density at radius 2 is 2.50 bits per heavy atom. The maximum Gasteiger partial charge on any atom is 0.156 e. The van der Waals surface area contributed by atoms with E-state index in [2.05, 4.69) is 0 Å². The van der Waals surface area contributed by atoms with Gasteiger partial charge >= 0.3 is 0 Å². The number of hydrogen-bond acceptors (Lipinski definition) is 3. The standard InChI is InChI=1S/C7H8O3/c8-3-5-1-7(10)2-6(5)4-9/h1,3,6,9H,2,4H2/t6-/m1/s1. The van der Waals surface area contributed by atoms with Crippen LogP contribution < -0.4 is 0 Å². The zero-order valence-electron chi connectivity index (χ0n) is 5.41. The van der Waals surface area contributed by atoms with E-state index in [1.807, 2.05) is 0 Å². The summed E-state index contributed by atoms with van der Waals surface area (Å²) < 4.78 is 0. The minimum absolute atomic E-state index is 0.0684. The van der Waals surface area contributed by atoms with Gasteiger partial charge in [0.25, 0.3) is 0 Å². The first kappa shape index (κ1) is 7.15. The van der Waals surface area contributed by atoms with E-state index in [9.17, 15) is 9.59 Å². The molecule has 0 aromatic heterocycles. The highest BCUT2D eigenvalue weighted by Crippen LogP contribution is 2.20. The van der Waals surface area contributed by atoms with Crippen LogP contribution in [0.25, 0.3) is 0 Å². The summed E-state index contributed by atoms with van der Waals surface area (Å²) in [5, 5.41) is 8.63. The van der Waals surface area contributed by atoms with Crippen LogP contribution in [0.4, 0.5) is 0 Å². The van der Waals surface area contributed by atoms with Crippen LogP contribution in [0, 0.1) is 5.92 Å². The Morgan fingerprint density at radius 3 is 2.90 bits per heavy atom. The molecule has 1 atom stereocenters. The zero-order chi connectivity index (χ0) is 7.56. The summed E-state index contributed by atoms with van der Waals surface area (Å²) in [6, 6.07) is 0. The van der Waals surface area contributed by atoms with E-state index in [1.165, 1.54) is 6.08 Å². The smallest absolute Gasteiger partial charge is 0.156 e. The van der Waals surface area contributed by atoms with E-state index >= 15 is 0 Å². The van der Waals surface area contributed by atoms with Crippen molar-refractivity contribution in [1.29, 1.82) is 0 Å². The Labute approximate surface area is 58.4 Å². The quantitative estimate of drug-likeness (QED) is 0.535. The van der Waals surface area contributed by atoms with Crippen molar-refractivity contribution in [2.45, 2.75) is 6.42 Å². The Morgan fingerprint density at radius 1 is 1.80 bits per heavy atom. The summed E-state index contributed by atoms with van der Waals surface area (Å²) in [6.07, 6.45) is 2.21. The molecule has 0 radical (unpaired) electrons. The summed E-state index contributed by atoms with van der Waals surface area (Å²) >= 11 is 0. The molecule has 3 nitrogen and oxygen atoms in total. The fraction of sp³-hybridized carbons (Fsp3) is 0.429. The van der Waals surface area contributed by atoms with Gasteiger partial charge in [-0.05, 0) is 6.08 Å². The average molecular weight is 140 g/mol. The summed E-state index contributed by atoms with van der Waals surface area (Å²) in [5.74, 6) is -0.314. The van der Waals surface area contributed by atoms with Crippen molar-refractivity contribution in [3.8, 4) is 0 Å². The van der Waals surface area contributed by atoms with Gasteiger partial charge in [-0.25, -0.2) is 0 Å². The molecule has 0 fully saturated rings. The van der Waals surface area contributed by atoms with Gasteiger partial charge in [0.05, 0.1) is 6.61 Å². The number of allylic oxidation sites excluding steroid dienone is 1. The highest BCUT2D eigenvalue weighted by Gasteiger charge is 2.22. The summed E-state index contributed by atoms with van der Waals surface area (Å²) in [7, 11) is 0. The van der Waals surface area contributed by atoms with Crippen molar-refractivity contribution in [2.75, 3.05) is 6.61 Å². The van der Waals surface area contributed by atoms with Gasteiger partial charge in [-0.15, -0.1) is 0 Å². The van der Waals surface area contributed by atoms with Crippen LogP contribution in [0.15, 0.2) is 11.6 Å². The van der Waals surface area contributed by atoms with Crippen molar-refractivity contribution in [1.82, 2.24) is 0 Å². The third kappa shape index (κ3) is 1.14. The predicted molar refractivity (Wildman–Crippen MR) is 34.3 cm³/mol. The van der Waals surface area contributed by atoms with Crippen LogP contribution in [0.1, 0.15) is 6.42 Å². The van der Waals surface area contributed by atoms with E-state index in [4.69, 9.17) is 5.11 Å². The Bertz CT molecular complexity index is 193. The number of carbonyl (C=O) groups is 2. The Balaban J connectivity index is 2.74. The van der Waals surface area contributed by atoms with Gasteiger partial charge in [0.15, 0.2) is 5.78 Å². The molecule has 0 saturated carbocycles. The lowest BCUT2D eigenvalue weighted by Crippen LogP contribution is -2.06. The number of aldehydes is 1. The van der Waals surface area contributed by atoms with Crippen LogP contribution in [-0.4, -0.2) is 23.8 Å². The largest absolute Gasteiger partial charge is 0.396 e. The van der Waals surface area contributed by atoms with Crippen molar-refractivity contribution in [3.05, 3.63) is 11.6 Å². The van der Waals surface area contributed by atoms with Crippen LogP contribution in [-0.2, 0) is 9.59 Å². The third-order valence-electron chi connectivity index (χ3n) is 1.60. The fourth-order valence-corrected chi connectivity index (χ4v) is 1.02. The van der Waals surface area contributed by atoms with E-state index in [0.29, 0.717) is 11.9 Å². The van der Waals surface area contributed by atoms with Crippen molar-refractivity contribution in [2.24, 2.45) is 5.92 Å². The van der Waals surface area contributed by atoms with Gasteiger partial charge in [-0.3, -0.25) is 9.59 Å². The molecule has 0 amide bonds. The van der Waals surface area contributed by atoms with Crippen LogP contribution >= 0.6 is 0 Å². The van der Waals surface area contributed by atoms with Crippen molar-refractivity contribution < 1.29 is 14.7 Å². The molecule has 0 aliphatic heterocycles. The molecule has 3 heteroatoms. The summed E-state index contributed by atoms with van der Waals surface area (Å²) in [4.78, 5) is 20.8. The second-order valence-corrected chi connectivity index (χ2v) is 2.31. The van der Waals surface area contributed by atoms with Crippen LogP contribution in [0.5, 0.6) is 0 Å². The number of carbonyl (C=O) groups excluding carboxylic acids is 2. The minimum Gasteiger partial charge on any atom is -0.396 e. The fourth-order valence-electron chi connectivity index (χ4n) is 1.02. The molecule has 1 aliphatic carbocycles. The second kappa shape index (κ2) is 2.75. The molecule has 1 aliphatic rings. The molecule has 0 aromatic carbocycles. The number of ketones is 1. The minimum atomic E-state index is -0.245. The molecular weight excluding hydrogens is 132 g/mol. The molecular formula is C7H8O3. The second-order valence-electron chi connectivity index (χ2n) is 2.31. The molecule has 0 heterocycles. The summed E-state index contributed by atoms with van der Waals surface area (Å²) in [5.41, 5.74) is 0.424. The van der Waals surface area contributed by atoms with E-state index < -0.39 is 0 Å². The number of aliphatic hydroxyl groups excluding tert-OH is 1. The SMILES string of the molecule is O=CC1=CC(=O)C[C@@H]1CO. The molecule has 0 bridgehead atoms. The Hall–Kier alpha value is -0.960. The Kier molecular flexibility index (Phi) is 1.97. The van der Waals surface area contributed by atoms with Gasteiger partial charge in [0.1, 0.15) is 6.29 Å². The third-order valence-corrected chi connectivity index (χ3v) is 1.60. The van der Waals surface area contributed by atoms with E-state index in [0.717, 1.165) is 0 Å². The first-order valence-corrected chi connectivity index (χ1v) is 3.08. The van der Waals surface area contributed by atoms with Gasteiger partial charge in [0.2, 0.25) is 0 Å². The molecule has 1 rings (SSSR count). The van der Waals surface area contributed by atoms with Crippen molar-refractivity contribution in [3.63, 3.8) is 0 Å². The highest BCUT2D eigenvalue weighted by atomic mass is 16.3. The van der Waals surface area contributed by atoms with Gasteiger partial charge in [0, 0.05) is 17.9 Å². The zero-order valence-corrected chi connectivity index (χ0v) is 5.41. The molecule has 0 aromatic rings. The van der Waals surface area contributed by atoms with Crippen molar-refractivity contribution >= 4 is 12.1 Å². The maximum atomic E-state index is 10.6. The lowest BCUT2D eigenvalue weighted by atomic mass is 10.0. The van der Waals surface area contributed by atoms with E-state index in [1.54, 1.807) is 0 Å². The summed E-state index contributed by atoms with van der Waals surface area (Å²) in [6.45, 7) is -0.115. The number of hydrogen-bond donors (Lipinski definition) is 1. The first-order chi connectivity index (χ1) is 4.77. The average Bonchev–Trinajstić information content (AvgIpc) is 2.30. The molecule has 10 heavy (non-hydrogen) atoms. The molecule has 0 unspecified atom stereocenters. The predicted octanol–water partition coefficient (Wildman–Crippen LogP) is -0.307. The monoisotopic (exact) mass is 140 g/mol. The van der Waals surface area contributed by atoms with Crippen LogP contribution in [0.3, 0.4) is 0 Å². The number of rotatable bonds is 2. The molecule has 54 valence electrons. The number of aliphatic hydroxyl groups is 1. The van der Waals surface area contributed by atoms with Gasteiger partial charge in [-0.1, -0.05) is 0 Å². The van der Waals surface area contributed by atoms with Gasteiger partial charge < -0.3 is 5.11 Å². The molecule has 0 saturated heterocycles. The topological polar surface area (TPSA) is 54.4 Å². The maximum absolute atomic E-state index is 10.6. The molecule has 0 spiro atoms. The lowest BCUT2D eigenvalue weighted by Gasteiger charge is -2.02. The molecule has 1 N–H and O–H groups in total. The lowest BCUT2D eigenvalue weighted by molar-refractivity contribution is -0.114. The normalized spacial score (nSPS) is 24.7. The van der Waals surface area contributed by atoms with E-state index in [-0.39, 0.29) is 24.7 Å². The van der Waals surface area contributed by atoms with Crippen LogP contribution in [0.2, 0.25) is 0 Å².